The Bertz CT molecular complexity index is 584. The van der Waals surface area contributed by atoms with Crippen LogP contribution in [-0.4, -0.2) is 29.1 Å². The molecule has 0 fully saturated rings. The average molecular weight is 259 g/mol. The first-order valence-electron chi connectivity index (χ1n) is 6.29. The lowest BCUT2D eigenvalue weighted by Gasteiger charge is -2.09. The largest absolute Gasteiger partial charge is 0.508 e. The van der Waals surface area contributed by atoms with Crippen LogP contribution < -0.4 is 10.6 Å². The molecule has 3 N–H and O–H groups in total. The zero-order valence-electron chi connectivity index (χ0n) is 10.8. The third kappa shape index (κ3) is 3.34. The van der Waals surface area contributed by atoms with Gasteiger partial charge in [0.05, 0.1) is 0 Å². The highest BCUT2D eigenvalue weighted by atomic mass is 16.3. The number of nitrogens with one attached hydrogen (secondary N) is 2. The zero-order chi connectivity index (χ0) is 13.7. The van der Waals surface area contributed by atoms with Gasteiger partial charge in [-0.2, -0.15) is 0 Å². The number of amides is 1. The molecule has 0 atom stereocenters. The number of hydrogen-bond acceptors (Lipinski definition) is 4. The van der Waals surface area contributed by atoms with Gasteiger partial charge in [-0.05, 0) is 30.5 Å². The number of pyridine rings is 1. The molecule has 1 aromatic heterocycles. The lowest BCUT2D eigenvalue weighted by molar-refractivity contribution is -0.120. The normalized spacial score (nSPS) is 10.4. The number of rotatable bonds is 5. The molecule has 1 aromatic carbocycles. The van der Waals surface area contributed by atoms with E-state index < -0.39 is 0 Å². The van der Waals surface area contributed by atoms with E-state index in [1.165, 1.54) is 0 Å². The fourth-order valence-corrected chi connectivity index (χ4v) is 1.88. The Morgan fingerprint density at radius 3 is 3.00 bits per heavy atom. The van der Waals surface area contributed by atoms with E-state index in [2.05, 4.69) is 15.6 Å². The number of aromatic nitrogens is 1. The first kappa shape index (κ1) is 13.1. The molecule has 0 radical (unpaired) electrons. The number of phenols is 1. The summed E-state index contributed by atoms with van der Waals surface area (Å²) in [6.45, 7) is 3.03. The van der Waals surface area contributed by atoms with Gasteiger partial charge in [-0.1, -0.05) is 6.07 Å². The van der Waals surface area contributed by atoms with Crippen molar-refractivity contribution in [3.63, 3.8) is 0 Å². The van der Waals surface area contributed by atoms with Crippen molar-refractivity contribution in [1.29, 1.82) is 0 Å². The van der Waals surface area contributed by atoms with Crippen LogP contribution in [0.15, 0.2) is 30.5 Å². The maximum Gasteiger partial charge on any atom is 0.221 e. The number of anilines is 1. The van der Waals surface area contributed by atoms with Gasteiger partial charge in [0.15, 0.2) is 0 Å². The molecule has 0 bridgehead atoms. The molecule has 0 spiro atoms. The molecular formula is C14H17N3O2. The van der Waals surface area contributed by atoms with Crippen molar-refractivity contribution < 1.29 is 9.90 Å². The summed E-state index contributed by atoms with van der Waals surface area (Å²) < 4.78 is 0. The number of fused-ring (bicyclic) bond motifs is 1. The Labute approximate surface area is 111 Å². The number of benzene rings is 1. The lowest BCUT2D eigenvalue weighted by Crippen LogP contribution is -2.24. The Hall–Kier alpha value is -2.30. The summed E-state index contributed by atoms with van der Waals surface area (Å²) in [7, 11) is 0. The van der Waals surface area contributed by atoms with Crippen LogP contribution in [-0.2, 0) is 4.79 Å². The highest BCUT2D eigenvalue weighted by Crippen LogP contribution is 2.24. The number of aromatic hydroxyl groups is 1. The second-order valence-corrected chi connectivity index (χ2v) is 4.20. The third-order valence-electron chi connectivity index (χ3n) is 2.77. The highest BCUT2D eigenvalue weighted by Gasteiger charge is 2.04. The van der Waals surface area contributed by atoms with Crippen molar-refractivity contribution >= 4 is 22.5 Å². The van der Waals surface area contributed by atoms with E-state index in [4.69, 9.17) is 0 Å². The Morgan fingerprint density at radius 2 is 2.21 bits per heavy atom. The molecule has 19 heavy (non-hydrogen) atoms. The molecule has 2 aromatic rings. The zero-order valence-corrected chi connectivity index (χ0v) is 10.8. The second-order valence-electron chi connectivity index (χ2n) is 4.20. The summed E-state index contributed by atoms with van der Waals surface area (Å²) in [4.78, 5) is 15.6. The Kier molecular flexibility index (Phi) is 4.18. The van der Waals surface area contributed by atoms with Crippen LogP contribution in [0.2, 0.25) is 0 Å². The molecule has 5 nitrogen and oxygen atoms in total. The van der Waals surface area contributed by atoms with Crippen molar-refractivity contribution in [1.82, 2.24) is 10.3 Å². The van der Waals surface area contributed by atoms with Gasteiger partial charge in [-0.25, -0.2) is 4.98 Å². The van der Waals surface area contributed by atoms with E-state index in [0.717, 1.165) is 10.8 Å². The molecule has 0 saturated carbocycles. The van der Waals surface area contributed by atoms with Gasteiger partial charge in [0.2, 0.25) is 5.91 Å². The van der Waals surface area contributed by atoms with Crippen LogP contribution in [0, 0.1) is 0 Å². The maximum absolute atomic E-state index is 11.3. The first-order valence-corrected chi connectivity index (χ1v) is 6.29. The topological polar surface area (TPSA) is 74.2 Å². The molecule has 1 heterocycles. The predicted octanol–water partition coefficient (Wildman–Crippen LogP) is 1.88. The summed E-state index contributed by atoms with van der Waals surface area (Å²) in [6.07, 6.45) is 2.10. The van der Waals surface area contributed by atoms with Gasteiger partial charge in [0.1, 0.15) is 11.6 Å². The Balaban J connectivity index is 2.08. The van der Waals surface area contributed by atoms with Gasteiger partial charge in [-0.3, -0.25) is 4.79 Å². The molecule has 2 rings (SSSR count). The van der Waals surface area contributed by atoms with E-state index in [1.54, 1.807) is 18.3 Å². The Morgan fingerprint density at radius 1 is 1.37 bits per heavy atom. The SMILES string of the molecule is CCNC(=O)CCNc1nccc2ccc(O)cc12. The number of carbonyl (C=O) groups excluding carboxylic acids is 1. The molecule has 100 valence electrons. The van der Waals surface area contributed by atoms with Gasteiger partial charge in [-0.15, -0.1) is 0 Å². The predicted molar refractivity (Wildman–Crippen MR) is 75.2 cm³/mol. The molecule has 0 unspecified atom stereocenters. The molecule has 0 aliphatic carbocycles. The van der Waals surface area contributed by atoms with E-state index in [9.17, 15) is 9.90 Å². The van der Waals surface area contributed by atoms with Crippen LogP contribution in [0.1, 0.15) is 13.3 Å². The number of hydrogen-bond donors (Lipinski definition) is 3. The fraction of sp³-hybridized carbons (Fsp3) is 0.286. The van der Waals surface area contributed by atoms with Crippen molar-refractivity contribution in [2.45, 2.75) is 13.3 Å². The molecule has 0 aliphatic heterocycles. The van der Waals surface area contributed by atoms with Crippen molar-refractivity contribution in [3.05, 3.63) is 30.5 Å². The average Bonchev–Trinajstić information content (AvgIpc) is 2.39. The summed E-state index contributed by atoms with van der Waals surface area (Å²) in [5.41, 5.74) is 0. The smallest absolute Gasteiger partial charge is 0.221 e. The monoisotopic (exact) mass is 259 g/mol. The molecule has 1 amide bonds. The fourth-order valence-electron chi connectivity index (χ4n) is 1.88. The van der Waals surface area contributed by atoms with Crippen LogP contribution >= 0.6 is 0 Å². The lowest BCUT2D eigenvalue weighted by atomic mass is 10.1. The van der Waals surface area contributed by atoms with E-state index in [1.807, 2.05) is 19.1 Å². The molecule has 0 aliphatic rings. The quantitative estimate of drug-likeness (QED) is 0.766. The minimum absolute atomic E-state index is 0.0121. The van der Waals surface area contributed by atoms with Crippen LogP contribution in [0.4, 0.5) is 5.82 Å². The van der Waals surface area contributed by atoms with Gasteiger partial charge in [0.25, 0.3) is 0 Å². The van der Waals surface area contributed by atoms with Crippen molar-refractivity contribution in [3.8, 4) is 5.75 Å². The van der Waals surface area contributed by atoms with Gasteiger partial charge in [0, 0.05) is 31.1 Å². The van der Waals surface area contributed by atoms with Crippen LogP contribution in [0.5, 0.6) is 5.75 Å². The second kappa shape index (κ2) is 6.04. The maximum atomic E-state index is 11.3. The summed E-state index contributed by atoms with van der Waals surface area (Å²) in [5.74, 6) is 0.892. The molecular weight excluding hydrogens is 242 g/mol. The summed E-state index contributed by atoms with van der Waals surface area (Å²) >= 11 is 0. The summed E-state index contributed by atoms with van der Waals surface area (Å²) in [5, 5.41) is 17.2. The number of phenolic OH excluding ortho intramolecular Hbond substituents is 1. The summed E-state index contributed by atoms with van der Waals surface area (Å²) in [6, 6.07) is 7.02. The van der Waals surface area contributed by atoms with Crippen LogP contribution in [0.3, 0.4) is 0 Å². The van der Waals surface area contributed by atoms with E-state index in [0.29, 0.717) is 25.3 Å². The minimum Gasteiger partial charge on any atom is -0.508 e. The highest BCUT2D eigenvalue weighted by molar-refractivity contribution is 5.92. The molecule has 0 saturated heterocycles. The van der Waals surface area contributed by atoms with Gasteiger partial charge >= 0.3 is 0 Å². The number of carbonyl (C=O) groups is 1. The van der Waals surface area contributed by atoms with Crippen molar-refractivity contribution in [2.75, 3.05) is 18.4 Å². The van der Waals surface area contributed by atoms with Crippen molar-refractivity contribution in [2.24, 2.45) is 0 Å². The first-order chi connectivity index (χ1) is 9.20. The number of nitrogens with zero attached hydrogens (tertiary/aromatic N) is 1. The molecule has 5 heteroatoms. The standard InChI is InChI=1S/C14H17N3O2/c1-2-15-13(19)6-8-17-14-12-9-11(18)4-3-10(12)5-7-16-14/h3-5,7,9,18H,2,6,8H2,1H3,(H,15,19)(H,16,17). The third-order valence-corrected chi connectivity index (χ3v) is 2.77. The van der Waals surface area contributed by atoms with E-state index >= 15 is 0 Å². The van der Waals surface area contributed by atoms with E-state index in [-0.39, 0.29) is 11.7 Å². The minimum atomic E-state index is 0.0121. The van der Waals surface area contributed by atoms with Gasteiger partial charge < -0.3 is 15.7 Å². The van der Waals surface area contributed by atoms with Crippen LogP contribution in [0.25, 0.3) is 10.8 Å².